The largest absolute Gasteiger partial charge is 0.381 e. The zero-order chi connectivity index (χ0) is 13.9. The molecule has 1 saturated heterocycles. The van der Waals surface area contributed by atoms with E-state index in [9.17, 15) is 0 Å². The molecule has 0 spiro atoms. The van der Waals surface area contributed by atoms with Crippen molar-refractivity contribution in [2.75, 3.05) is 18.5 Å². The lowest BCUT2D eigenvalue weighted by Crippen LogP contribution is -2.28. The molecule has 2 N–H and O–H groups in total. The summed E-state index contributed by atoms with van der Waals surface area (Å²) in [6.45, 7) is 4.42. The number of ether oxygens (including phenoxy) is 1. The van der Waals surface area contributed by atoms with Crippen molar-refractivity contribution < 1.29 is 4.74 Å². The number of aromatic nitrogens is 3. The number of nitrogens with zero attached hydrogens (tertiary/aromatic N) is 3. The summed E-state index contributed by atoms with van der Waals surface area (Å²) in [6, 6.07) is 0.387. The number of nitrogens with one attached hydrogen (secondary N) is 2. The van der Waals surface area contributed by atoms with Gasteiger partial charge in [-0.15, -0.1) is 0 Å². The van der Waals surface area contributed by atoms with Crippen molar-refractivity contribution in [1.82, 2.24) is 14.8 Å². The van der Waals surface area contributed by atoms with Crippen molar-refractivity contribution in [3.8, 4) is 0 Å². The van der Waals surface area contributed by atoms with Gasteiger partial charge in [-0.3, -0.25) is 0 Å². The summed E-state index contributed by atoms with van der Waals surface area (Å²) in [5, 5.41) is 16.5. The van der Waals surface area contributed by atoms with Gasteiger partial charge in [0.2, 0.25) is 0 Å². The third-order valence-corrected chi connectivity index (χ3v) is 3.72. The van der Waals surface area contributed by atoms with Crippen LogP contribution in [0.25, 0.3) is 11.0 Å². The average molecular weight is 273 g/mol. The highest BCUT2D eigenvalue weighted by molar-refractivity contribution is 5.99. The van der Waals surface area contributed by atoms with E-state index >= 15 is 0 Å². The number of pyridine rings is 1. The van der Waals surface area contributed by atoms with Gasteiger partial charge < -0.3 is 15.5 Å². The van der Waals surface area contributed by atoms with Crippen LogP contribution in [0.2, 0.25) is 0 Å². The molecule has 0 unspecified atom stereocenters. The maximum Gasteiger partial charge on any atom is 0.159 e. The summed E-state index contributed by atoms with van der Waals surface area (Å²) in [5.41, 5.74) is 2.64. The van der Waals surface area contributed by atoms with Crippen molar-refractivity contribution in [2.45, 2.75) is 32.4 Å². The molecular formula is C14H19N5O. The Kier molecular flexibility index (Phi) is 3.64. The zero-order valence-electron chi connectivity index (χ0n) is 11.6. The Morgan fingerprint density at radius 2 is 2.25 bits per heavy atom. The van der Waals surface area contributed by atoms with E-state index in [2.05, 4.69) is 15.4 Å². The van der Waals surface area contributed by atoms with Gasteiger partial charge in [0.05, 0.1) is 17.3 Å². The molecule has 2 aromatic rings. The molecule has 20 heavy (non-hydrogen) atoms. The first-order chi connectivity index (χ1) is 9.83. The van der Waals surface area contributed by atoms with Gasteiger partial charge in [0.25, 0.3) is 0 Å². The number of anilines is 1. The summed E-state index contributed by atoms with van der Waals surface area (Å²) in [6.07, 6.45) is 6.90. The lowest BCUT2D eigenvalue weighted by molar-refractivity contribution is 0.0905. The van der Waals surface area contributed by atoms with Crippen LogP contribution in [0.1, 0.15) is 25.3 Å². The van der Waals surface area contributed by atoms with Crippen molar-refractivity contribution >= 4 is 22.9 Å². The second-order valence-electron chi connectivity index (χ2n) is 4.96. The zero-order valence-corrected chi connectivity index (χ0v) is 11.6. The highest BCUT2D eigenvalue weighted by Crippen LogP contribution is 2.27. The number of rotatable bonds is 4. The highest BCUT2D eigenvalue weighted by Gasteiger charge is 2.18. The van der Waals surface area contributed by atoms with Crippen LogP contribution in [0.15, 0.2) is 12.4 Å². The van der Waals surface area contributed by atoms with Crippen molar-refractivity contribution in [3.63, 3.8) is 0 Å². The molecule has 1 aliphatic heterocycles. The third-order valence-electron chi connectivity index (χ3n) is 3.72. The highest BCUT2D eigenvalue weighted by atomic mass is 16.5. The summed E-state index contributed by atoms with van der Waals surface area (Å²) in [4.78, 5) is 4.42. The van der Waals surface area contributed by atoms with Gasteiger partial charge in [0, 0.05) is 43.8 Å². The first-order valence-electron chi connectivity index (χ1n) is 7.02. The molecule has 0 saturated carbocycles. The molecule has 3 rings (SSSR count). The van der Waals surface area contributed by atoms with Gasteiger partial charge >= 0.3 is 0 Å². The monoisotopic (exact) mass is 273 g/mol. The van der Waals surface area contributed by atoms with E-state index in [1.54, 1.807) is 6.20 Å². The van der Waals surface area contributed by atoms with E-state index in [4.69, 9.17) is 10.1 Å². The minimum Gasteiger partial charge on any atom is -0.381 e. The summed E-state index contributed by atoms with van der Waals surface area (Å²) < 4.78 is 7.26. The van der Waals surface area contributed by atoms with Crippen LogP contribution in [0, 0.1) is 5.41 Å². The Hall–Kier alpha value is -1.95. The molecule has 3 heterocycles. The predicted octanol–water partition coefficient (Wildman–Crippen LogP) is 2.04. The molecular weight excluding hydrogens is 254 g/mol. The van der Waals surface area contributed by atoms with Crippen LogP contribution < -0.4 is 5.32 Å². The fourth-order valence-corrected chi connectivity index (χ4v) is 2.59. The summed E-state index contributed by atoms with van der Waals surface area (Å²) >= 11 is 0. The van der Waals surface area contributed by atoms with E-state index in [0.29, 0.717) is 6.04 Å². The molecule has 106 valence electrons. The molecule has 1 fully saturated rings. The van der Waals surface area contributed by atoms with Crippen LogP contribution in [0.4, 0.5) is 5.69 Å². The molecule has 0 radical (unpaired) electrons. The first-order valence-corrected chi connectivity index (χ1v) is 7.02. The van der Waals surface area contributed by atoms with Gasteiger partial charge in [-0.25, -0.2) is 9.67 Å². The Morgan fingerprint density at radius 1 is 1.45 bits per heavy atom. The van der Waals surface area contributed by atoms with E-state index in [0.717, 1.165) is 54.9 Å². The van der Waals surface area contributed by atoms with Crippen LogP contribution in [-0.2, 0) is 11.3 Å². The fraction of sp³-hybridized carbons (Fsp3) is 0.500. The van der Waals surface area contributed by atoms with E-state index in [-0.39, 0.29) is 0 Å². The van der Waals surface area contributed by atoms with Crippen LogP contribution in [0.5, 0.6) is 0 Å². The molecule has 6 nitrogen and oxygen atoms in total. The Bertz CT molecular complexity index is 615. The number of fused-ring (bicyclic) bond motifs is 1. The lowest BCUT2D eigenvalue weighted by Gasteiger charge is -2.25. The molecule has 0 atom stereocenters. The maximum absolute atomic E-state index is 7.57. The quantitative estimate of drug-likeness (QED) is 0.836. The van der Waals surface area contributed by atoms with Gasteiger partial charge in [-0.1, -0.05) is 0 Å². The van der Waals surface area contributed by atoms with Crippen molar-refractivity contribution in [2.24, 2.45) is 0 Å². The van der Waals surface area contributed by atoms with Crippen LogP contribution in [-0.4, -0.2) is 40.2 Å². The number of aryl methyl sites for hydroxylation is 1. The smallest absolute Gasteiger partial charge is 0.159 e. The molecule has 0 bridgehead atoms. The summed E-state index contributed by atoms with van der Waals surface area (Å²) in [7, 11) is 0. The minimum absolute atomic E-state index is 0.387. The summed E-state index contributed by atoms with van der Waals surface area (Å²) in [5.74, 6) is 0. The van der Waals surface area contributed by atoms with Crippen LogP contribution in [0.3, 0.4) is 0 Å². The Balaban J connectivity index is 2.01. The minimum atomic E-state index is 0.387. The molecule has 1 aliphatic rings. The Labute approximate surface area is 117 Å². The molecule has 0 aromatic carbocycles. The van der Waals surface area contributed by atoms with Gasteiger partial charge in [-0.2, -0.15) is 5.10 Å². The van der Waals surface area contributed by atoms with Crippen molar-refractivity contribution in [3.05, 3.63) is 18.0 Å². The molecule has 0 aliphatic carbocycles. The second kappa shape index (κ2) is 5.58. The second-order valence-corrected chi connectivity index (χ2v) is 4.96. The van der Waals surface area contributed by atoms with Crippen molar-refractivity contribution in [1.29, 1.82) is 5.41 Å². The topological polar surface area (TPSA) is 75.8 Å². The first kappa shape index (κ1) is 13.1. The predicted molar refractivity (Wildman–Crippen MR) is 78.6 cm³/mol. The number of hydrogen-bond donors (Lipinski definition) is 2. The molecule has 2 aromatic heterocycles. The average Bonchev–Trinajstić information content (AvgIpc) is 2.92. The fourth-order valence-electron chi connectivity index (χ4n) is 2.59. The maximum atomic E-state index is 7.57. The van der Waals surface area contributed by atoms with Gasteiger partial charge in [0.1, 0.15) is 0 Å². The Morgan fingerprint density at radius 3 is 2.95 bits per heavy atom. The van der Waals surface area contributed by atoms with E-state index < -0.39 is 0 Å². The standard InChI is InChI=1S/C14H19N5O/c1-2-19-14-12(9-17-19)13(10(7-15)8-16-14)18-11-3-5-20-6-4-11/h7-9,11,15H,2-6H2,1H3,(H,16,18). The molecule has 0 amide bonds. The SMILES string of the molecule is CCn1ncc2c(NC3CCOCC3)c(C=N)cnc21. The normalized spacial score (nSPS) is 16.4. The molecule has 6 heteroatoms. The van der Waals surface area contributed by atoms with Gasteiger partial charge in [-0.05, 0) is 19.8 Å². The van der Waals surface area contributed by atoms with E-state index in [1.807, 2.05) is 17.8 Å². The number of hydrogen-bond acceptors (Lipinski definition) is 5. The van der Waals surface area contributed by atoms with Gasteiger partial charge in [0.15, 0.2) is 5.65 Å². The lowest BCUT2D eigenvalue weighted by atomic mass is 10.1. The van der Waals surface area contributed by atoms with Crippen LogP contribution >= 0.6 is 0 Å². The van der Waals surface area contributed by atoms with E-state index in [1.165, 1.54) is 6.21 Å². The third kappa shape index (κ3) is 2.27.